The van der Waals surface area contributed by atoms with Crippen LogP contribution in [0.4, 0.5) is 5.82 Å². The predicted molar refractivity (Wildman–Crippen MR) is 60.2 cm³/mol. The van der Waals surface area contributed by atoms with Gasteiger partial charge < -0.3 is 10.3 Å². The summed E-state index contributed by atoms with van der Waals surface area (Å²) in [5, 5.41) is 11.1. The Balaban J connectivity index is 2.05. The van der Waals surface area contributed by atoms with Gasteiger partial charge in [-0.25, -0.2) is 4.63 Å². The summed E-state index contributed by atoms with van der Waals surface area (Å²) in [6.45, 7) is 0. The van der Waals surface area contributed by atoms with E-state index in [9.17, 15) is 0 Å². The molecule has 0 bridgehead atoms. The number of hydrogen-bond acceptors (Lipinski definition) is 8. The number of halogens is 1. The van der Waals surface area contributed by atoms with Crippen LogP contribution in [0.5, 0.6) is 0 Å². The predicted octanol–water partition coefficient (Wildman–Crippen LogP) is 1.42. The Morgan fingerprint density at radius 2 is 2.06 bits per heavy atom. The van der Waals surface area contributed by atoms with E-state index in [0.717, 1.165) is 0 Å². The van der Waals surface area contributed by atoms with Gasteiger partial charge >= 0.3 is 0 Å². The molecule has 0 aliphatic rings. The highest BCUT2D eigenvalue weighted by molar-refractivity contribution is 6.32. The van der Waals surface area contributed by atoms with E-state index in [0.29, 0.717) is 10.7 Å². The Bertz CT molecular complexity index is 694. The van der Waals surface area contributed by atoms with Gasteiger partial charge in [-0.05, 0) is 22.4 Å². The lowest BCUT2D eigenvalue weighted by Gasteiger charge is -1.94. The minimum absolute atomic E-state index is 0.0670. The number of anilines is 1. The minimum atomic E-state index is 0.0670. The minimum Gasteiger partial charge on any atom is -0.379 e. The zero-order valence-corrected chi connectivity index (χ0v) is 9.50. The molecule has 18 heavy (non-hydrogen) atoms. The Kier molecular flexibility index (Phi) is 2.41. The van der Waals surface area contributed by atoms with Gasteiger partial charge in [-0.3, -0.25) is 4.98 Å². The average molecular weight is 265 g/mol. The topological polar surface area (TPSA) is 117 Å². The third-order valence-electron chi connectivity index (χ3n) is 2.11. The van der Waals surface area contributed by atoms with Crippen molar-refractivity contribution >= 4 is 17.4 Å². The first kappa shape index (κ1) is 10.7. The number of pyridine rings is 1. The second-order valence-corrected chi connectivity index (χ2v) is 3.66. The highest BCUT2D eigenvalue weighted by Crippen LogP contribution is 2.26. The van der Waals surface area contributed by atoms with Gasteiger partial charge in [-0.2, -0.15) is 4.98 Å². The van der Waals surface area contributed by atoms with Crippen LogP contribution in [0.3, 0.4) is 0 Å². The van der Waals surface area contributed by atoms with E-state index in [1.807, 2.05) is 0 Å². The Morgan fingerprint density at radius 3 is 2.78 bits per heavy atom. The van der Waals surface area contributed by atoms with Crippen LogP contribution < -0.4 is 5.73 Å². The molecule has 9 heteroatoms. The maximum absolute atomic E-state index is 5.97. The molecule has 0 saturated heterocycles. The van der Waals surface area contributed by atoms with E-state index in [1.54, 1.807) is 18.3 Å². The fourth-order valence-electron chi connectivity index (χ4n) is 1.31. The largest absolute Gasteiger partial charge is 0.379 e. The molecule has 0 fully saturated rings. The van der Waals surface area contributed by atoms with Crippen molar-refractivity contribution in [3.8, 4) is 23.1 Å². The molecule has 0 radical (unpaired) electrons. The van der Waals surface area contributed by atoms with Crippen LogP contribution in [0.2, 0.25) is 5.02 Å². The lowest BCUT2D eigenvalue weighted by atomic mass is 10.3. The molecule has 0 saturated carbocycles. The number of nitrogen functional groups attached to an aromatic ring is 1. The molecule has 3 heterocycles. The zero-order chi connectivity index (χ0) is 12.5. The standard InChI is InChI=1S/C9H5ClN6O2/c10-4-2-1-3-12-5(4)8-13-9(17-16-8)6-7(11)15-18-14-6/h1-3H,(H2,11,15). The SMILES string of the molecule is Nc1nonc1-c1nc(-c2ncccc2Cl)no1. The first-order valence-corrected chi connectivity index (χ1v) is 5.16. The van der Waals surface area contributed by atoms with Gasteiger partial charge in [0.2, 0.25) is 17.3 Å². The van der Waals surface area contributed by atoms with Crippen LogP contribution >= 0.6 is 11.6 Å². The Hall–Kier alpha value is -2.48. The van der Waals surface area contributed by atoms with Crippen LogP contribution in [-0.2, 0) is 0 Å². The molecule has 8 nitrogen and oxygen atoms in total. The van der Waals surface area contributed by atoms with Crippen LogP contribution in [0.15, 0.2) is 27.5 Å². The molecule has 0 atom stereocenters. The van der Waals surface area contributed by atoms with Gasteiger partial charge in [0.15, 0.2) is 0 Å². The second kappa shape index (κ2) is 4.08. The Labute approximate surface area is 105 Å². The molecule has 0 aliphatic carbocycles. The maximum Gasteiger partial charge on any atom is 0.284 e. The third-order valence-corrected chi connectivity index (χ3v) is 2.42. The molecular weight excluding hydrogens is 260 g/mol. The third kappa shape index (κ3) is 1.68. The highest BCUT2D eigenvalue weighted by Gasteiger charge is 2.19. The summed E-state index contributed by atoms with van der Waals surface area (Å²) in [5.41, 5.74) is 6.10. The summed E-state index contributed by atoms with van der Waals surface area (Å²) < 4.78 is 9.44. The van der Waals surface area contributed by atoms with Gasteiger partial charge in [0.05, 0.1) is 5.02 Å². The normalized spacial score (nSPS) is 10.7. The summed E-state index contributed by atoms with van der Waals surface area (Å²) in [6.07, 6.45) is 1.57. The van der Waals surface area contributed by atoms with Crippen molar-refractivity contribution in [3.05, 3.63) is 23.4 Å². The second-order valence-electron chi connectivity index (χ2n) is 3.26. The van der Waals surface area contributed by atoms with Gasteiger partial charge in [0.25, 0.3) is 5.89 Å². The number of nitrogens with zero attached hydrogens (tertiary/aromatic N) is 5. The fourth-order valence-corrected chi connectivity index (χ4v) is 1.52. The van der Waals surface area contributed by atoms with Crippen molar-refractivity contribution in [1.82, 2.24) is 25.4 Å². The van der Waals surface area contributed by atoms with Gasteiger partial charge in [0.1, 0.15) is 5.69 Å². The summed E-state index contributed by atoms with van der Waals surface area (Å²) >= 11 is 5.97. The molecule has 0 amide bonds. The summed E-state index contributed by atoms with van der Waals surface area (Å²) in [5.74, 6) is 0.390. The van der Waals surface area contributed by atoms with Crippen LogP contribution in [-0.4, -0.2) is 25.4 Å². The summed E-state index contributed by atoms with van der Waals surface area (Å²) in [6, 6.07) is 3.37. The molecule has 0 unspecified atom stereocenters. The summed E-state index contributed by atoms with van der Waals surface area (Å²) in [4.78, 5) is 8.14. The molecule has 0 aromatic carbocycles. The van der Waals surface area contributed by atoms with Gasteiger partial charge in [-0.15, -0.1) is 0 Å². The van der Waals surface area contributed by atoms with Crippen molar-refractivity contribution in [2.45, 2.75) is 0 Å². The number of aromatic nitrogens is 5. The molecule has 3 aromatic rings. The average Bonchev–Trinajstić information content (AvgIpc) is 2.98. The van der Waals surface area contributed by atoms with Gasteiger partial charge in [-0.1, -0.05) is 16.8 Å². The summed E-state index contributed by atoms with van der Waals surface area (Å²) in [7, 11) is 0. The first-order valence-electron chi connectivity index (χ1n) is 4.78. The molecule has 2 N–H and O–H groups in total. The van der Waals surface area contributed by atoms with Crippen LogP contribution in [0.25, 0.3) is 23.1 Å². The van der Waals surface area contributed by atoms with E-state index in [1.165, 1.54) is 0 Å². The lowest BCUT2D eigenvalue weighted by Crippen LogP contribution is -1.89. The highest BCUT2D eigenvalue weighted by atomic mass is 35.5. The van der Waals surface area contributed by atoms with Crippen molar-refractivity contribution in [1.29, 1.82) is 0 Å². The molecule has 0 spiro atoms. The van der Waals surface area contributed by atoms with Crippen molar-refractivity contribution in [3.63, 3.8) is 0 Å². The van der Waals surface area contributed by atoms with E-state index in [4.69, 9.17) is 21.9 Å². The lowest BCUT2D eigenvalue weighted by molar-refractivity contribution is 0.308. The molecular formula is C9H5ClN6O2. The Morgan fingerprint density at radius 1 is 1.17 bits per heavy atom. The van der Waals surface area contributed by atoms with Gasteiger partial charge in [0, 0.05) is 6.20 Å². The van der Waals surface area contributed by atoms with E-state index in [2.05, 4.69) is 30.1 Å². The van der Waals surface area contributed by atoms with E-state index < -0.39 is 0 Å². The molecule has 0 aliphatic heterocycles. The van der Waals surface area contributed by atoms with Crippen LogP contribution in [0, 0.1) is 0 Å². The maximum atomic E-state index is 5.97. The molecule has 90 valence electrons. The molecule has 3 aromatic heterocycles. The fraction of sp³-hybridized carbons (Fsp3) is 0. The van der Waals surface area contributed by atoms with Crippen molar-refractivity contribution < 1.29 is 9.15 Å². The monoisotopic (exact) mass is 264 g/mol. The molecule has 3 rings (SSSR count). The van der Waals surface area contributed by atoms with E-state index >= 15 is 0 Å². The number of nitrogens with two attached hydrogens (primary N) is 1. The van der Waals surface area contributed by atoms with E-state index in [-0.39, 0.29) is 23.2 Å². The van der Waals surface area contributed by atoms with Crippen LogP contribution in [0.1, 0.15) is 0 Å². The number of rotatable bonds is 2. The van der Waals surface area contributed by atoms with Crippen molar-refractivity contribution in [2.24, 2.45) is 0 Å². The first-order chi connectivity index (χ1) is 8.75. The smallest absolute Gasteiger partial charge is 0.284 e. The number of hydrogen-bond donors (Lipinski definition) is 1. The zero-order valence-electron chi connectivity index (χ0n) is 8.74. The van der Waals surface area contributed by atoms with Crippen molar-refractivity contribution in [2.75, 3.05) is 5.73 Å². The quantitative estimate of drug-likeness (QED) is 0.738.